The number of nitrogens with one attached hydrogen (secondary N) is 1. The first-order chi connectivity index (χ1) is 7.87. The van der Waals surface area contributed by atoms with Crippen molar-refractivity contribution in [3.8, 4) is 0 Å². The van der Waals surface area contributed by atoms with Gasteiger partial charge in [-0.05, 0) is 25.9 Å². The summed E-state index contributed by atoms with van der Waals surface area (Å²) in [6.45, 7) is 3.90. The van der Waals surface area contributed by atoms with Crippen molar-refractivity contribution in [1.29, 1.82) is 0 Å². The number of carbonyl (C=O) groups is 2. The van der Waals surface area contributed by atoms with Crippen LogP contribution in [-0.2, 0) is 9.59 Å². The highest BCUT2D eigenvalue weighted by molar-refractivity contribution is 5.87. The predicted molar refractivity (Wildman–Crippen MR) is 66.5 cm³/mol. The van der Waals surface area contributed by atoms with Gasteiger partial charge in [-0.1, -0.05) is 6.92 Å². The van der Waals surface area contributed by atoms with Crippen LogP contribution in [-0.4, -0.2) is 62.4 Å². The van der Waals surface area contributed by atoms with Gasteiger partial charge in [0.1, 0.15) is 0 Å². The van der Waals surface area contributed by atoms with Gasteiger partial charge in [-0.25, -0.2) is 0 Å². The Bertz CT molecular complexity index is 296. The number of rotatable bonds is 3. The Morgan fingerprint density at radius 1 is 1.18 bits per heavy atom. The van der Waals surface area contributed by atoms with E-state index in [2.05, 4.69) is 5.32 Å². The van der Waals surface area contributed by atoms with E-state index in [1.54, 1.807) is 26.0 Å². The van der Waals surface area contributed by atoms with E-state index >= 15 is 0 Å². The summed E-state index contributed by atoms with van der Waals surface area (Å²) in [6, 6.07) is 0. The lowest BCUT2D eigenvalue weighted by molar-refractivity contribution is -0.145. The molecule has 0 saturated carbocycles. The molecule has 0 spiro atoms. The SMILES string of the molecule is CN(C)C(=O)CN(C)C(=O)C1(C)CCNCC1. The molecule has 5 nitrogen and oxygen atoms in total. The molecule has 0 atom stereocenters. The Labute approximate surface area is 103 Å². The highest BCUT2D eigenvalue weighted by atomic mass is 16.2. The Morgan fingerprint density at radius 3 is 2.18 bits per heavy atom. The molecule has 0 radical (unpaired) electrons. The van der Waals surface area contributed by atoms with Crippen LogP contribution in [0.4, 0.5) is 0 Å². The molecular formula is C12H23N3O2. The van der Waals surface area contributed by atoms with E-state index in [1.165, 1.54) is 4.90 Å². The zero-order valence-electron chi connectivity index (χ0n) is 11.2. The number of likely N-dealkylation sites (N-methyl/N-ethyl adjacent to an activating group) is 2. The van der Waals surface area contributed by atoms with E-state index in [0.717, 1.165) is 25.9 Å². The predicted octanol–water partition coefficient (Wildman–Crippen LogP) is -0.0773. The Morgan fingerprint density at radius 2 is 1.71 bits per heavy atom. The molecule has 1 heterocycles. The normalized spacial score (nSPS) is 18.6. The number of hydrogen-bond acceptors (Lipinski definition) is 3. The molecule has 0 aromatic rings. The van der Waals surface area contributed by atoms with Crippen LogP contribution in [0, 0.1) is 5.41 Å². The lowest BCUT2D eigenvalue weighted by atomic mass is 9.80. The van der Waals surface area contributed by atoms with E-state index in [-0.39, 0.29) is 23.8 Å². The molecule has 1 aliphatic rings. The van der Waals surface area contributed by atoms with Gasteiger partial charge in [-0.3, -0.25) is 9.59 Å². The van der Waals surface area contributed by atoms with E-state index in [0.29, 0.717) is 0 Å². The average Bonchev–Trinajstić information content (AvgIpc) is 2.28. The van der Waals surface area contributed by atoms with Crippen molar-refractivity contribution in [2.45, 2.75) is 19.8 Å². The highest BCUT2D eigenvalue weighted by Crippen LogP contribution is 2.29. The second-order valence-electron chi connectivity index (χ2n) is 5.26. The van der Waals surface area contributed by atoms with E-state index in [9.17, 15) is 9.59 Å². The van der Waals surface area contributed by atoms with Gasteiger partial charge in [0.2, 0.25) is 11.8 Å². The zero-order valence-corrected chi connectivity index (χ0v) is 11.2. The van der Waals surface area contributed by atoms with Crippen LogP contribution in [0.3, 0.4) is 0 Å². The topological polar surface area (TPSA) is 52.7 Å². The van der Waals surface area contributed by atoms with E-state index < -0.39 is 0 Å². The third-order valence-corrected chi connectivity index (χ3v) is 3.44. The second-order valence-corrected chi connectivity index (χ2v) is 5.26. The van der Waals surface area contributed by atoms with Crippen molar-refractivity contribution in [2.75, 3.05) is 40.8 Å². The van der Waals surface area contributed by atoms with Crippen molar-refractivity contribution < 1.29 is 9.59 Å². The molecular weight excluding hydrogens is 218 g/mol. The van der Waals surface area contributed by atoms with Crippen LogP contribution < -0.4 is 5.32 Å². The van der Waals surface area contributed by atoms with Crippen LogP contribution in [0.1, 0.15) is 19.8 Å². The smallest absolute Gasteiger partial charge is 0.241 e. The van der Waals surface area contributed by atoms with Crippen molar-refractivity contribution in [1.82, 2.24) is 15.1 Å². The third kappa shape index (κ3) is 3.43. The van der Waals surface area contributed by atoms with Gasteiger partial charge in [0.05, 0.1) is 6.54 Å². The second kappa shape index (κ2) is 5.49. The molecule has 0 bridgehead atoms. The quantitative estimate of drug-likeness (QED) is 0.752. The van der Waals surface area contributed by atoms with Crippen molar-refractivity contribution in [2.24, 2.45) is 5.41 Å². The van der Waals surface area contributed by atoms with Crippen molar-refractivity contribution >= 4 is 11.8 Å². The summed E-state index contributed by atoms with van der Waals surface area (Å²) in [6.07, 6.45) is 1.68. The number of carbonyl (C=O) groups excluding carboxylic acids is 2. The summed E-state index contributed by atoms with van der Waals surface area (Å²) in [5, 5.41) is 3.25. The van der Waals surface area contributed by atoms with Crippen molar-refractivity contribution in [3.05, 3.63) is 0 Å². The maximum Gasteiger partial charge on any atom is 0.241 e. The summed E-state index contributed by atoms with van der Waals surface area (Å²) >= 11 is 0. The minimum absolute atomic E-state index is 0.0432. The van der Waals surface area contributed by atoms with Gasteiger partial charge in [-0.15, -0.1) is 0 Å². The molecule has 0 unspecified atom stereocenters. The van der Waals surface area contributed by atoms with Crippen LogP contribution >= 0.6 is 0 Å². The number of nitrogens with zero attached hydrogens (tertiary/aromatic N) is 2. The fourth-order valence-corrected chi connectivity index (χ4v) is 2.07. The number of piperidine rings is 1. The standard InChI is InChI=1S/C12H23N3O2/c1-12(5-7-13-8-6-12)11(17)15(4)9-10(16)14(2)3/h13H,5-9H2,1-4H3. The van der Waals surface area contributed by atoms with Gasteiger partial charge >= 0.3 is 0 Å². The molecule has 17 heavy (non-hydrogen) atoms. The molecule has 1 aliphatic heterocycles. The van der Waals surface area contributed by atoms with Crippen molar-refractivity contribution in [3.63, 3.8) is 0 Å². The Hall–Kier alpha value is -1.10. The molecule has 1 N–H and O–H groups in total. The number of hydrogen-bond donors (Lipinski definition) is 1. The maximum atomic E-state index is 12.3. The van der Waals surface area contributed by atoms with Gasteiger partial charge < -0.3 is 15.1 Å². The van der Waals surface area contributed by atoms with E-state index in [1.807, 2.05) is 6.92 Å². The maximum absolute atomic E-state index is 12.3. The summed E-state index contributed by atoms with van der Waals surface area (Å²) < 4.78 is 0. The van der Waals surface area contributed by atoms with Crippen LogP contribution in [0.15, 0.2) is 0 Å². The molecule has 98 valence electrons. The van der Waals surface area contributed by atoms with Gasteiger partial charge in [-0.2, -0.15) is 0 Å². The molecule has 0 aliphatic carbocycles. The van der Waals surface area contributed by atoms with Crippen LogP contribution in [0.2, 0.25) is 0 Å². The Kier molecular flexibility index (Phi) is 4.51. The zero-order chi connectivity index (χ0) is 13.1. The summed E-state index contributed by atoms with van der Waals surface area (Å²) in [4.78, 5) is 26.9. The summed E-state index contributed by atoms with van der Waals surface area (Å²) in [5.41, 5.74) is -0.313. The minimum atomic E-state index is -0.313. The minimum Gasteiger partial charge on any atom is -0.347 e. The first-order valence-corrected chi connectivity index (χ1v) is 6.03. The summed E-state index contributed by atoms with van der Waals surface area (Å²) in [7, 11) is 5.11. The first-order valence-electron chi connectivity index (χ1n) is 6.03. The monoisotopic (exact) mass is 241 g/mol. The fraction of sp³-hybridized carbons (Fsp3) is 0.833. The van der Waals surface area contributed by atoms with Crippen LogP contribution in [0.5, 0.6) is 0 Å². The Balaban J connectivity index is 2.59. The van der Waals surface area contributed by atoms with Gasteiger partial charge in [0.15, 0.2) is 0 Å². The average molecular weight is 241 g/mol. The molecule has 5 heteroatoms. The molecule has 1 saturated heterocycles. The molecule has 1 fully saturated rings. The lowest BCUT2D eigenvalue weighted by Crippen LogP contribution is -2.48. The molecule has 1 rings (SSSR count). The van der Waals surface area contributed by atoms with Gasteiger partial charge in [0.25, 0.3) is 0 Å². The first kappa shape index (κ1) is 14.0. The van der Waals surface area contributed by atoms with Gasteiger partial charge in [0, 0.05) is 26.6 Å². The third-order valence-electron chi connectivity index (χ3n) is 3.44. The van der Waals surface area contributed by atoms with Crippen LogP contribution in [0.25, 0.3) is 0 Å². The molecule has 0 aromatic heterocycles. The largest absolute Gasteiger partial charge is 0.347 e. The number of amides is 2. The molecule has 2 amide bonds. The highest BCUT2D eigenvalue weighted by Gasteiger charge is 2.36. The molecule has 0 aromatic carbocycles. The van der Waals surface area contributed by atoms with E-state index in [4.69, 9.17) is 0 Å². The fourth-order valence-electron chi connectivity index (χ4n) is 2.07. The lowest BCUT2D eigenvalue weighted by Gasteiger charge is -2.36. The summed E-state index contributed by atoms with van der Waals surface area (Å²) in [5.74, 6) is 0.0348.